The Bertz CT molecular complexity index is 815. The third kappa shape index (κ3) is 7.33. The molecule has 162 valence electrons. The van der Waals surface area contributed by atoms with Crippen molar-refractivity contribution in [3.05, 3.63) is 70.5 Å². The van der Waals surface area contributed by atoms with Gasteiger partial charge in [-0.25, -0.2) is 4.39 Å². The van der Waals surface area contributed by atoms with Crippen LogP contribution in [0, 0.1) is 5.82 Å². The lowest BCUT2D eigenvalue weighted by molar-refractivity contribution is -0.138. The molecule has 7 heteroatoms. The van der Waals surface area contributed by atoms with Gasteiger partial charge in [0.15, 0.2) is 0 Å². The highest BCUT2D eigenvalue weighted by atomic mass is 35.5. The number of halogens is 2. The molecule has 1 N–H and O–H groups in total. The molecule has 0 unspecified atom stereocenters. The minimum Gasteiger partial charge on any atom is -0.354 e. The van der Waals surface area contributed by atoms with Crippen LogP contribution in [0.4, 0.5) is 4.39 Å². The van der Waals surface area contributed by atoms with Crippen LogP contribution < -0.4 is 5.32 Å². The maximum Gasteiger partial charge on any atom is 0.242 e. The molecule has 2 aromatic rings. The summed E-state index contributed by atoms with van der Waals surface area (Å²) in [5.74, 6) is -0.311. The van der Waals surface area contributed by atoms with Crippen LogP contribution in [0.1, 0.15) is 37.8 Å². The number of rotatable bonds is 11. The van der Waals surface area contributed by atoms with Crippen LogP contribution in [0.2, 0.25) is 5.02 Å². The smallest absolute Gasteiger partial charge is 0.242 e. The number of hydrogen-bond acceptors (Lipinski definition) is 3. The van der Waals surface area contributed by atoms with E-state index in [1.807, 2.05) is 30.3 Å². The lowest BCUT2D eigenvalue weighted by atomic mass is 10.1. The first-order valence-corrected chi connectivity index (χ1v) is 11.6. The summed E-state index contributed by atoms with van der Waals surface area (Å²) in [6.45, 7) is 4.72. The van der Waals surface area contributed by atoms with Crippen molar-refractivity contribution in [2.75, 3.05) is 12.3 Å². The predicted octanol–water partition coefficient (Wildman–Crippen LogP) is 5.05. The molecule has 2 aromatic carbocycles. The monoisotopic (exact) mass is 450 g/mol. The lowest BCUT2D eigenvalue weighted by Crippen LogP contribution is -2.48. The second-order valence-corrected chi connectivity index (χ2v) is 8.41. The topological polar surface area (TPSA) is 49.4 Å². The Morgan fingerprint density at radius 1 is 1.17 bits per heavy atom. The van der Waals surface area contributed by atoms with Crippen LogP contribution in [0.3, 0.4) is 0 Å². The Morgan fingerprint density at radius 3 is 2.57 bits per heavy atom. The van der Waals surface area contributed by atoms with E-state index in [4.69, 9.17) is 11.6 Å². The number of nitrogens with zero attached hydrogens (tertiary/aromatic N) is 1. The fourth-order valence-electron chi connectivity index (χ4n) is 2.89. The zero-order chi connectivity index (χ0) is 21.9. The summed E-state index contributed by atoms with van der Waals surface area (Å²) in [6, 6.07) is 13.5. The van der Waals surface area contributed by atoms with Gasteiger partial charge in [0.2, 0.25) is 11.8 Å². The van der Waals surface area contributed by atoms with Gasteiger partial charge < -0.3 is 10.2 Å². The summed E-state index contributed by atoms with van der Waals surface area (Å²) in [5.41, 5.74) is 1.33. The maximum absolute atomic E-state index is 14.0. The molecule has 0 radical (unpaired) electrons. The van der Waals surface area contributed by atoms with Crippen molar-refractivity contribution in [1.82, 2.24) is 10.2 Å². The third-order valence-corrected chi connectivity index (χ3v) is 6.02. The zero-order valence-electron chi connectivity index (χ0n) is 17.4. The normalized spacial score (nSPS) is 11.7. The Balaban J connectivity index is 2.04. The summed E-state index contributed by atoms with van der Waals surface area (Å²) < 4.78 is 14.0. The Kier molecular flexibility index (Phi) is 10.2. The van der Waals surface area contributed by atoms with Gasteiger partial charge >= 0.3 is 0 Å². The summed E-state index contributed by atoms with van der Waals surface area (Å²) in [5, 5.41) is 3.24. The maximum atomic E-state index is 14.0. The van der Waals surface area contributed by atoms with Crippen molar-refractivity contribution in [2.24, 2.45) is 0 Å². The van der Waals surface area contributed by atoms with Gasteiger partial charge in [-0.1, -0.05) is 61.3 Å². The highest BCUT2D eigenvalue weighted by molar-refractivity contribution is 7.99. The fraction of sp³-hybridized carbons (Fsp3) is 0.391. The van der Waals surface area contributed by atoms with E-state index in [0.29, 0.717) is 23.7 Å². The van der Waals surface area contributed by atoms with E-state index in [1.165, 1.54) is 17.8 Å². The summed E-state index contributed by atoms with van der Waals surface area (Å²) in [7, 11) is 0. The SMILES string of the molecule is CCCCNC(=O)[C@H](C)N(Cc1ccccc1)C(=O)CSCc1c(F)cccc1Cl. The minimum absolute atomic E-state index is 0.129. The van der Waals surface area contributed by atoms with Gasteiger partial charge in [0, 0.05) is 29.4 Å². The first-order valence-electron chi connectivity index (χ1n) is 10.1. The van der Waals surface area contributed by atoms with Crippen molar-refractivity contribution in [3.8, 4) is 0 Å². The standard InChI is InChI=1S/C23H28ClFN2O2S/c1-3-4-13-26-23(29)17(2)27(14-18-9-6-5-7-10-18)22(28)16-30-15-19-20(24)11-8-12-21(19)25/h5-12,17H,3-4,13-16H2,1-2H3,(H,26,29)/t17-/m0/s1. The minimum atomic E-state index is -0.604. The number of hydrogen-bond donors (Lipinski definition) is 1. The molecule has 0 fully saturated rings. The Labute approximate surface area is 187 Å². The molecular weight excluding hydrogens is 423 g/mol. The molecule has 0 spiro atoms. The number of carbonyl (C=O) groups is 2. The van der Waals surface area contributed by atoms with Crippen molar-refractivity contribution in [2.45, 2.75) is 45.0 Å². The summed E-state index contributed by atoms with van der Waals surface area (Å²) in [4.78, 5) is 27.1. The van der Waals surface area contributed by atoms with Gasteiger partial charge in [0.05, 0.1) is 5.75 Å². The van der Waals surface area contributed by atoms with E-state index >= 15 is 0 Å². The van der Waals surface area contributed by atoms with Gasteiger partial charge in [0.1, 0.15) is 11.9 Å². The fourth-order valence-corrected chi connectivity index (χ4v) is 4.14. The average Bonchev–Trinajstić information content (AvgIpc) is 2.74. The van der Waals surface area contributed by atoms with Crippen LogP contribution in [-0.4, -0.2) is 35.1 Å². The average molecular weight is 451 g/mol. The molecular formula is C23H28ClFN2O2S. The number of thioether (sulfide) groups is 1. The molecule has 4 nitrogen and oxygen atoms in total. The van der Waals surface area contributed by atoms with Crippen LogP contribution in [0.5, 0.6) is 0 Å². The summed E-state index contributed by atoms with van der Waals surface area (Å²) >= 11 is 7.35. The molecule has 2 rings (SSSR count). The first-order chi connectivity index (χ1) is 14.4. The molecule has 1 atom stereocenters. The van der Waals surface area contributed by atoms with E-state index in [1.54, 1.807) is 24.0 Å². The molecule has 0 saturated carbocycles. The molecule has 0 aliphatic rings. The number of amides is 2. The number of unbranched alkanes of at least 4 members (excludes halogenated alkanes) is 1. The second kappa shape index (κ2) is 12.6. The molecule has 0 bridgehead atoms. The van der Waals surface area contributed by atoms with E-state index in [9.17, 15) is 14.0 Å². The Hall–Kier alpha value is -2.05. The highest BCUT2D eigenvalue weighted by Gasteiger charge is 2.26. The van der Waals surface area contributed by atoms with Gasteiger partial charge in [0.25, 0.3) is 0 Å². The van der Waals surface area contributed by atoms with Crippen molar-refractivity contribution < 1.29 is 14.0 Å². The van der Waals surface area contributed by atoms with Gasteiger partial charge in [-0.15, -0.1) is 11.8 Å². The second-order valence-electron chi connectivity index (χ2n) is 7.02. The number of nitrogens with one attached hydrogen (secondary N) is 1. The third-order valence-electron chi connectivity index (χ3n) is 4.73. The van der Waals surface area contributed by atoms with Crippen LogP contribution in [0.15, 0.2) is 48.5 Å². The van der Waals surface area contributed by atoms with Crippen molar-refractivity contribution in [1.29, 1.82) is 0 Å². The molecule has 30 heavy (non-hydrogen) atoms. The lowest BCUT2D eigenvalue weighted by Gasteiger charge is -2.28. The van der Waals surface area contributed by atoms with Crippen molar-refractivity contribution >= 4 is 35.2 Å². The van der Waals surface area contributed by atoms with E-state index in [2.05, 4.69) is 12.2 Å². The summed E-state index contributed by atoms with van der Waals surface area (Å²) in [6.07, 6.45) is 1.88. The molecule has 0 aliphatic carbocycles. The molecule has 0 saturated heterocycles. The van der Waals surface area contributed by atoms with Crippen LogP contribution >= 0.6 is 23.4 Å². The number of carbonyl (C=O) groups excluding carboxylic acids is 2. The van der Waals surface area contributed by atoms with E-state index < -0.39 is 6.04 Å². The number of benzene rings is 2. The van der Waals surface area contributed by atoms with Crippen LogP contribution in [0.25, 0.3) is 0 Å². The van der Waals surface area contributed by atoms with E-state index in [-0.39, 0.29) is 29.1 Å². The quantitative estimate of drug-likeness (QED) is 0.487. The van der Waals surface area contributed by atoms with Crippen molar-refractivity contribution in [3.63, 3.8) is 0 Å². The highest BCUT2D eigenvalue weighted by Crippen LogP contribution is 2.24. The Morgan fingerprint density at radius 2 is 1.90 bits per heavy atom. The predicted molar refractivity (Wildman–Crippen MR) is 122 cm³/mol. The van der Waals surface area contributed by atoms with Gasteiger partial charge in [-0.2, -0.15) is 0 Å². The molecule has 0 aliphatic heterocycles. The zero-order valence-corrected chi connectivity index (χ0v) is 18.9. The van der Waals surface area contributed by atoms with Gasteiger partial charge in [-0.3, -0.25) is 9.59 Å². The first kappa shape index (κ1) is 24.2. The van der Waals surface area contributed by atoms with Gasteiger partial charge in [-0.05, 0) is 31.0 Å². The molecule has 2 amide bonds. The largest absolute Gasteiger partial charge is 0.354 e. The van der Waals surface area contributed by atoms with Crippen LogP contribution in [-0.2, 0) is 21.9 Å². The van der Waals surface area contributed by atoms with E-state index in [0.717, 1.165) is 18.4 Å². The molecule has 0 aromatic heterocycles. The molecule has 0 heterocycles.